The molecule has 51 heavy (non-hydrogen) atoms. The fraction of sp³-hybridized carbons (Fsp3) is 0.350. The average Bonchev–Trinajstić information content (AvgIpc) is 4.03. The second-order valence-corrected chi connectivity index (χ2v) is 12.5. The number of pyridine rings is 1. The smallest absolute Gasteiger partial charge is 0.343 e. The van der Waals surface area contributed by atoms with Crippen LogP contribution < -0.4 is 14.4 Å². The average molecular weight is 701 g/mol. The molecule has 11 heteroatoms. The highest BCUT2D eigenvalue weighted by molar-refractivity contribution is 5.94. The number of aryl methyl sites for hydroxylation is 2. The highest BCUT2D eigenvalue weighted by Gasteiger charge is 2.33. The van der Waals surface area contributed by atoms with Gasteiger partial charge in [-0.25, -0.2) is 9.78 Å². The van der Waals surface area contributed by atoms with Crippen molar-refractivity contribution >= 4 is 24.0 Å². The molecule has 272 valence electrons. The summed E-state index contributed by atoms with van der Waals surface area (Å²) >= 11 is 0. The fourth-order valence-electron chi connectivity index (χ4n) is 4.84. The van der Waals surface area contributed by atoms with Gasteiger partial charge in [0.05, 0.1) is 38.4 Å². The van der Waals surface area contributed by atoms with Gasteiger partial charge < -0.3 is 34.8 Å². The molecule has 5 rings (SSSR count). The molecular weight excluding hydrogens is 652 g/mol. The van der Waals surface area contributed by atoms with E-state index in [-0.39, 0.29) is 19.8 Å². The Morgan fingerprint density at radius 1 is 0.902 bits per heavy atom. The quantitative estimate of drug-likeness (QED) is 0.0770. The van der Waals surface area contributed by atoms with Gasteiger partial charge in [0.2, 0.25) is 0 Å². The summed E-state index contributed by atoms with van der Waals surface area (Å²) in [4.78, 5) is 41.2. The first-order chi connectivity index (χ1) is 24.4. The van der Waals surface area contributed by atoms with Crippen molar-refractivity contribution in [1.29, 1.82) is 0 Å². The highest BCUT2D eigenvalue weighted by atomic mass is 16.5. The molecule has 0 aliphatic heterocycles. The number of likely N-dealkylation sites (N-methyl/N-ethyl adjacent to an activating group) is 1. The van der Waals surface area contributed by atoms with Gasteiger partial charge in [-0.05, 0) is 91.1 Å². The lowest BCUT2D eigenvalue weighted by Crippen LogP contribution is -2.56. The number of aliphatic hydroxyl groups is 3. The third kappa shape index (κ3) is 11.5. The summed E-state index contributed by atoms with van der Waals surface area (Å²) in [5, 5.41) is 37.0. The number of carbonyl (C=O) groups is 3. The number of hydrogen-bond donors (Lipinski definition) is 4. The second kappa shape index (κ2) is 19.3. The lowest BCUT2D eigenvalue weighted by molar-refractivity contribution is -0.141. The summed E-state index contributed by atoms with van der Waals surface area (Å²) in [6, 6.07) is 22.8. The Morgan fingerprint density at radius 3 is 2.12 bits per heavy atom. The van der Waals surface area contributed by atoms with E-state index < -0.39 is 23.4 Å². The topological polar surface area (TPSA) is 167 Å². The number of methoxy groups -OCH3 is 1. The molecule has 11 nitrogen and oxygen atoms in total. The Kier molecular flexibility index (Phi) is 15.3. The first kappa shape index (κ1) is 40.3. The molecule has 1 aromatic heterocycles. The van der Waals surface area contributed by atoms with Crippen molar-refractivity contribution in [3.63, 3.8) is 0 Å². The van der Waals surface area contributed by atoms with Gasteiger partial charge in [-0.15, -0.1) is 0 Å². The Morgan fingerprint density at radius 2 is 1.57 bits per heavy atom. The number of carbonyl (C=O) groups excluding carboxylic acids is 2. The third-order valence-corrected chi connectivity index (χ3v) is 8.38. The minimum atomic E-state index is -1.08. The maximum absolute atomic E-state index is 12.8. The van der Waals surface area contributed by atoms with Gasteiger partial charge in [-0.3, -0.25) is 9.59 Å². The monoisotopic (exact) mass is 700 g/mol. The normalized spacial score (nSPS) is 12.2. The van der Waals surface area contributed by atoms with Crippen LogP contribution in [0.15, 0.2) is 78.9 Å². The van der Waals surface area contributed by atoms with Crippen molar-refractivity contribution in [2.45, 2.75) is 52.0 Å². The van der Waals surface area contributed by atoms with Crippen molar-refractivity contribution in [2.75, 3.05) is 38.9 Å². The first-order valence-corrected chi connectivity index (χ1v) is 16.7. The van der Waals surface area contributed by atoms with Gasteiger partial charge in [-0.1, -0.05) is 56.5 Å². The fourth-order valence-corrected chi connectivity index (χ4v) is 4.84. The van der Waals surface area contributed by atoms with Gasteiger partial charge >= 0.3 is 11.9 Å². The summed E-state index contributed by atoms with van der Waals surface area (Å²) in [5.74, 6) is -0.343. The third-order valence-electron chi connectivity index (χ3n) is 8.38. The first-order valence-electron chi connectivity index (χ1n) is 16.7. The molecule has 0 bridgehead atoms. The number of aliphatic carboxylic acids is 1. The molecule has 0 amide bonds. The maximum Gasteiger partial charge on any atom is 0.343 e. The highest BCUT2D eigenvalue weighted by Crippen LogP contribution is 2.29. The van der Waals surface area contributed by atoms with E-state index in [1.54, 1.807) is 93.6 Å². The van der Waals surface area contributed by atoms with E-state index in [1.165, 1.54) is 19.3 Å². The molecule has 1 atom stereocenters. The second-order valence-electron chi connectivity index (χ2n) is 12.5. The zero-order valence-corrected chi connectivity index (χ0v) is 29.8. The van der Waals surface area contributed by atoms with Gasteiger partial charge in [0.1, 0.15) is 22.9 Å². The number of ether oxygens (including phenoxy) is 2. The summed E-state index contributed by atoms with van der Waals surface area (Å²) in [6.45, 7) is 4.26. The van der Waals surface area contributed by atoms with Crippen LogP contribution in [-0.2, 0) is 11.2 Å². The van der Waals surface area contributed by atoms with E-state index >= 15 is 0 Å². The van der Waals surface area contributed by atoms with E-state index in [9.17, 15) is 29.7 Å². The van der Waals surface area contributed by atoms with Crippen molar-refractivity contribution in [2.24, 2.45) is 5.92 Å². The Bertz CT molecular complexity index is 1760. The molecule has 3 aromatic carbocycles. The van der Waals surface area contributed by atoms with E-state index in [4.69, 9.17) is 14.6 Å². The number of aldehydes is 1. The van der Waals surface area contributed by atoms with Crippen molar-refractivity contribution in [1.82, 2.24) is 4.98 Å². The predicted molar refractivity (Wildman–Crippen MR) is 196 cm³/mol. The molecule has 1 heterocycles. The number of carboxylic acid groups (broad SMARTS) is 1. The number of rotatable bonds is 13. The summed E-state index contributed by atoms with van der Waals surface area (Å²) in [5.41, 5.74) is 3.64. The Balaban J connectivity index is 0.000000306. The SMILES string of the molecule is C1CC1.COc1ccc(C=O)c(-c2ccc(C(=O)Oc3cccc(CC(C)C(=O)O)c3)c(C)c2)c1.Cc1cccc(N(C)C(CO)(CO)CO)n1. The zero-order valence-electron chi connectivity index (χ0n) is 29.8. The predicted octanol–water partition coefficient (Wildman–Crippen LogP) is 5.68. The number of benzene rings is 3. The van der Waals surface area contributed by atoms with E-state index in [2.05, 4.69) is 4.98 Å². The van der Waals surface area contributed by atoms with Crippen molar-refractivity contribution in [3.8, 4) is 22.6 Å². The van der Waals surface area contributed by atoms with Crippen molar-refractivity contribution < 1.29 is 44.3 Å². The zero-order chi connectivity index (χ0) is 37.6. The molecule has 0 saturated heterocycles. The molecule has 0 radical (unpaired) electrons. The van der Waals surface area contributed by atoms with Crippen molar-refractivity contribution in [3.05, 3.63) is 107 Å². The van der Waals surface area contributed by atoms with Gasteiger partial charge in [-0.2, -0.15) is 0 Å². The summed E-state index contributed by atoms with van der Waals surface area (Å²) in [6.07, 6.45) is 5.62. The molecule has 1 unspecified atom stereocenters. The Hall–Kier alpha value is -5.10. The molecule has 4 aromatic rings. The van der Waals surface area contributed by atoms with E-state index in [0.29, 0.717) is 46.0 Å². The molecule has 1 aliphatic carbocycles. The summed E-state index contributed by atoms with van der Waals surface area (Å²) in [7, 11) is 3.24. The van der Waals surface area contributed by atoms with Gasteiger partial charge in [0.25, 0.3) is 0 Å². The largest absolute Gasteiger partial charge is 0.497 e. The number of esters is 1. The lowest BCUT2D eigenvalue weighted by Gasteiger charge is -2.38. The van der Waals surface area contributed by atoms with Crippen LogP contribution in [0.3, 0.4) is 0 Å². The number of aliphatic hydroxyl groups excluding tert-OH is 3. The number of carboxylic acids is 1. The van der Waals surface area contributed by atoms with E-state index in [1.807, 2.05) is 25.1 Å². The molecule has 1 fully saturated rings. The minimum absolute atomic E-state index is 0.341. The van der Waals surface area contributed by atoms with Crippen LogP contribution in [0.25, 0.3) is 11.1 Å². The van der Waals surface area contributed by atoms with Gasteiger partial charge in [0.15, 0.2) is 6.29 Å². The molecule has 1 saturated carbocycles. The van der Waals surface area contributed by atoms with Crippen LogP contribution in [0.1, 0.15) is 63.7 Å². The number of hydrogen-bond acceptors (Lipinski definition) is 10. The van der Waals surface area contributed by atoms with Gasteiger partial charge in [0, 0.05) is 18.3 Å². The van der Waals surface area contributed by atoms with Crippen LogP contribution >= 0.6 is 0 Å². The van der Waals surface area contributed by atoms with Crippen LogP contribution in [0.4, 0.5) is 5.82 Å². The van der Waals surface area contributed by atoms with Crippen LogP contribution in [0.5, 0.6) is 11.5 Å². The molecule has 1 aliphatic rings. The standard InChI is InChI=1S/C26H24O6.C11H18N2O3.C3H6/c1-16-12-19(24-14-21(31-3)9-7-20(24)15-27)8-10-23(16)26(30)32-22-6-4-5-18(13-22)11-17(2)25(28)29;1-9-4-3-5-10(12-9)13(2)11(6-14,7-15)8-16;1-2-3-1/h4-10,12-15,17H,11H2,1-3H3,(H,28,29);3-5,14-16H,6-8H2,1-2H3;1-3H2. The molecule has 0 spiro atoms. The lowest BCUT2D eigenvalue weighted by atomic mass is 9.96. The minimum Gasteiger partial charge on any atom is -0.497 e. The maximum atomic E-state index is 12.8. The molecule has 4 N–H and O–H groups in total. The number of nitrogens with zero attached hydrogens (tertiary/aromatic N) is 2. The summed E-state index contributed by atoms with van der Waals surface area (Å²) < 4.78 is 10.8. The van der Waals surface area contributed by atoms with Crippen LogP contribution in [-0.4, -0.2) is 83.2 Å². The van der Waals surface area contributed by atoms with Crippen LogP contribution in [0, 0.1) is 19.8 Å². The number of anilines is 1. The number of aromatic nitrogens is 1. The van der Waals surface area contributed by atoms with Crippen LogP contribution in [0.2, 0.25) is 0 Å². The molecular formula is C40H48N2O9. The van der Waals surface area contributed by atoms with E-state index in [0.717, 1.165) is 23.1 Å². The Labute approximate surface area is 299 Å².